The molecule has 2 aromatic heterocycles. The summed E-state index contributed by atoms with van der Waals surface area (Å²) in [4.78, 5) is 11.0. The van der Waals surface area contributed by atoms with Crippen LogP contribution in [0.5, 0.6) is 5.75 Å². The number of aromatic nitrogens is 2. The molecule has 2 rings (SSSR count). The topological polar surface area (TPSA) is 64.4 Å². The van der Waals surface area contributed by atoms with Gasteiger partial charge in [0.05, 0.1) is 5.69 Å². The Morgan fingerprint density at radius 3 is 2.89 bits per heavy atom. The first-order chi connectivity index (χ1) is 8.49. The Morgan fingerprint density at radius 1 is 1.67 bits per heavy atom. The van der Waals surface area contributed by atoms with Gasteiger partial charge in [-0.1, -0.05) is 11.6 Å². The van der Waals surface area contributed by atoms with Crippen LogP contribution in [0.1, 0.15) is 20.9 Å². The lowest BCUT2D eigenvalue weighted by Crippen LogP contribution is -1.96. The van der Waals surface area contributed by atoms with Crippen LogP contribution in [-0.4, -0.2) is 20.9 Å². The normalized spacial score (nSPS) is 10.6. The van der Waals surface area contributed by atoms with Crippen LogP contribution in [0.3, 0.4) is 0 Å². The third kappa shape index (κ3) is 2.49. The molecular weight excluding hydrogens is 276 g/mol. The standard InChI is InChI=1S/C11H11ClN2O3S/c1-6-8(10(12)14(2)13-6)4-17-7-3-9(11(15)16)18-5-7/h3,5H,4H2,1-2H3,(H,15,16). The quantitative estimate of drug-likeness (QED) is 0.938. The summed E-state index contributed by atoms with van der Waals surface area (Å²) in [5.74, 6) is -0.429. The van der Waals surface area contributed by atoms with E-state index in [-0.39, 0.29) is 11.5 Å². The first-order valence-electron chi connectivity index (χ1n) is 5.11. The van der Waals surface area contributed by atoms with Gasteiger partial charge in [-0.25, -0.2) is 4.79 Å². The van der Waals surface area contributed by atoms with Gasteiger partial charge in [-0.3, -0.25) is 4.68 Å². The van der Waals surface area contributed by atoms with E-state index < -0.39 is 5.97 Å². The number of aromatic carboxylic acids is 1. The van der Waals surface area contributed by atoms with Crippen molar-refractivity contribution >= 4 is 28.9 Å². The molecule has 2 aromatic rings. The number of carboxylic acids is 1. The van der Waals surface area contributed by atoms with Gasteiger partial charge in [0.1, 0.15) is 22.4 Å². The molecule has 0 saturated carbocycles. The smallest absolute Gasteiger partial charge is 0.346 e. The van der Waals surface area contributed by atoms with Gasteiger partial charge in [-0.15, -0.1) is 11.3 Å². The molecule has 0 aromatic carbocycles. The SMILES string of the molecule is Cc1nn(C)c(Cl)c1COc1csc(C(=O)O)c1. The summed E-state index contributed by atoms with van der Waals surface area (Å²) in [5, 5.41) is 15.1. The number of carbonyl (C=O) groups is 1. The van der Waals surface area contributed by atoms with Crippen LogP contribution in [-0.2, 0) is 13.7 Å². The molecule has 0 fully saturated rings. The van der Waals surface area contributed by atoms with Gasteiger partial charge in [0.15, 0.2) is 0 Å². The van der Waals surface area contributed by atoms with E-state index in [0.29, 0.717) is 10.9 Å². The molecule has 0 atom stereocenters. The molecule has 7 heteroatoms. The molecular formula is C11H11ClN2O3S. The summed E-state index contributed by atoms with van der Waals surface area (Å²) < 4.78 is 7.08. The van der Waals surface area contributed by atoms with Gasteiger partial charge < -0.3 is 9.84 Å². The lowest BCUT2D eigenvalue weighted by atomic mass is 10.3. The van der Waals surface area contributed by atoms with Crippen LogP contribution in [0.4, 0.5) is 0 Å². The molecule has 0 aliphatic carbocycles. The minimum Gasteiger partial charge on any atom is -0.488 e. The van der Waals surface area contributed by atoms with E-state index in [4.69, 9.17) is 21.4 Å². The second kappa shape index (κ2) is 4.99. The Morgan fingerprint density at radius 2 is 2.39 bits per heavy atom. The number of ether oxygens (including phenoxy) is 1. The largest absolute Gasteiger partial charge is 0.488 e. The molecule has 0 bridgehead atoms. The average Bonchev–Trinajstić information content (AvgIpc) is 2.85. The van der Waals surface area contributed by atoms with Crippen molar-refractivity contribution in [2.75, 3.05) is 0 Å². The summed E-state index contributed by atoms with van der Waals surface area (Å²) in [7, 11) is 1.76. The number of rotatable bonds is 4. The van der Waals surface area contributed by atoms with E-state index in [1.54, 1.807) is 17.1 Å². The van der Waals surface area contributed by atoms with Crippen molar-refractivity contribution in [2.24, 2.45) is 7.05 Å². The lowest BCUT2D eigenvalue weighted by Gasteiger charge is -2.03. The van der Waals surface area contributed by atoms with Gasteiger partial charge in [-0.05, 0) is 6.92 Å². The summed E-state index contributed by atoms with van der Waals surface area (Å²) >= 11 is 7.19. The maximum Gasteiger partial charge on any atom is 0.346 e. The highest BCUT2D eigenvalue weighted by molar-refractivity contribution is 7.12. The van der Waals surface area contributed by atoms with Crippen LogP contribution < -0.4 is 4.74 Å². The zero-order valence-corrected chi connectivity index (χ0v) is 11.4. The molecule has 0 amide bonds. The number of nitrogens with zero attached hydrogens (tertiary/aromatic N) is 2. The molecule has 0 radical (unpaired) electrons. The van der Waals surface area contributed by atoms with Crippen LogP contribution in [0.15, 0.2) is 11.4 Å². The van der Waals surface area contributed by atoms with Crippen LogP contribution in [0.2, 0.25) is 5.15 Å². The van der Waals surface area contributed by atoms with Crippen molar-refractivity contribution < 1.29 is 14.6 Å². The molecule has 18 heavy (non-hydrogen) atoms. The number of hydrogen-bond donors (Lipinski definition) is 1. The third-order valence-corrected chi connectivity index (χ3v) is 3.81. The fraction of sp³-hybridized carbons (Fsp3) is 0.273. The van der Waals surface area contributed by atoms with E-state index in [1.165, 1.54) is 6.07 Å². The van der Waals surface area contributed by atoms with Crippen molar-refractivity contribution in [3.8, 4) is 5.75 Å². The monoisotopic (exact) mass is 286 g/mol. The number of carboxylic acid groups (broad SMARTS) is 1. The minimum absolute atomic E-state index is 0.249. The highest BCUT2D eigenvalue weighted by atomic mass is 35.5. The molecule has 2 heterocycles. The second-order valence-electron chi connectivity index (χ2n) is 3.72. The van der Waals surface area contributed by atoms with Gasteiger partial charge in [0.25, 0.3) is 0 Å². The van der Waals surface area contributed by atoms with Crippen molar-refractivity contribution in [1.29, 1.82) is 0 Å². The predicted octanol–water partition coefficient (Wildman–Crippen LogP) is 2.72. The summed E-state index contributed by atoms with van der Waals surface area (Å²) in [5.41, 5.74) is 1.61. The van der Waals surface area contributed by atoms with E-state index in [1.807, 2.05) is 6.92 Å². The second-order valence-corrected chi connectivity index (χ2v) is 4.99. The van der Waals surface area contributed by atoms with E-state index in [9.17, 15) is 4.79 Å². The summed E-state index contributed by atoms with van der Waals surface area (Å²) in [6, 6.07) is 1.49. The van der Waals surface area contributed by atoms with E-state index in [2.05, 4.69) is 5.10 Å². The van der Waals surface area contributed by atoms with Gasteiger partial charge >= 0.3 is 5.97 Å². The predicted molar refractivity (Wildman–Crippen MR) is 68.6 cm³/mol. The molecule has 1 N–H and O–H groups in total. The highest BCUT2D eigenvalue weighted by Crippen LogP contribution is 2.25. The number of halogens is 1. The Balaban J connectivity index is 2.09. The van der Waals surface area contributed by atoms with Gasteiger partial charge in [-0.2, -0.15) is 5.10 Å². The molecule has 0 spiro atoms. The zero-order valence-electron chi connectivity index (χ0n) is 9.81. The van der Waals surface area contributed by atoms with E-state index in [0.717, 1.165) is 22.6 Å². The van der Waals surface area contributed by atoms with Crippen molar-refractivity contribution in [1.82, 2.24) is 9.78 Å². The number of aryl methyl sites for hydroxylation is 2. The van der Waals surface area contributed by atoms with Gasteiger partial charge in [0.2, 0.25) is 0 Å². The molecule has 96 valence electrons. The Labute approximate surface area is 113 Å². The van der Waals surface area contributed by atoms with Crippen LogP contribution in [0.25, 0.3) is 0 Å². The first-order valence-corrected chi connectivity index (χ1v) is 6.37. The summed E-state index contributed by atoms with van der Waals surface area (Å²) in [6.45, 7) is 2.12. The fourth-order valence-electron chi connectivity index (χ4n) is 1.50. The molecule has 0 saturated heterocycles. The fourth-order valence-corrected chi connectivity index (χ4v) is 2.39. The number of thiophene rings is 1. The van der Waals surface area contributed by atoms with Crippen LogP contribution in [0, 0.1) is 6.92 Å². The third-order valence-electron chi connectivity index (χ3n) is 2.44. The average molecular weight is 287 g/mol. The maximum atomic E-state index is 10.7. The Hall–Kier alpha value is -1.53. The highest BCUT2D eigenvalue weighted by Gasteiger charge is 2.13. The molecule has 0 aliphatic rings. The Bertz CT molecular complexity index is 591. The maximum absolute atomic E-state index is 10.7. The Kier molecular flexibility index (Phi) is 3.58. The molecule has 5 nitrogen and oxygen atoms in total. The minimum atomic E-state index is -0.953. The summed E-state index contributed by atoms with van der Waals surface area (Å²) in [6.07, 6.45) is 0. The van der Waals surface area contributed by atoms with Crippen molar-refractivity contribution in [3.63, 3.8) is 0 Å². The zero-order chi connectivity index (χ0) is 13.3. The number of hydrogen-bond acceptors (Lipinski definition) is 4. The van der Waals surface area contributed by atoms with Crippen molar-refractivity contribution in [2.45, 2.75) is 13.5 Å². The van der Waals surface area contributed by atoms with Crippen molar-refractivity contribution in [3.05, 3.63) is 32.7 Å². The van der Waals surface area contributed by atoms with Crippen LogP contribution >= 0.6 is 22.9 Å². The lowest BCUT2D eigenvalue weighted by molar-refractivity contribution is 0.0702. The van der Waals surface area contributed by atoms with Gasteiger partial charge in [0, 0.05) is 24.1 Å². The van der Waals surface area contributed by atoms with E-state index >= 15 is 0 Å². The molecule has 0 aliphatic heterocycles. The first kappa shape index (κ1) is 12.9. The molecule has 0 unspecified atom stereocenters.